The van der Waals surface area contributed by atoms with E-state index in [1.165, 1.54) is 24.5 Å². The highest BCUT2D eigenvalue weighted by atomic mass is 19.1. The SMILES string of the molecule is Fc1cccc(-c2ccc(CN3CCn4c(nnc4[C@@H]4CCCNC4)C3)cc2)c1. The maximum absolute atomic E-state index is 13.5. The van der Waals surface area contributed by atoms with Crippen molar-refractivity contribution in [1.29, 1.82) is 0 Å². The van der Waals surface area contributed by atoms with E-state index < -0.39 is 0 Å². The Morgan fingerprint density at radius 3 is 2.72 bits per heavy atom. The second-order valence-corrected chi connectivity index (χ2v) is 8.09. The average Bonchev–Trinajstić information content (AvgIpc) is 3.18. The number of nitrogens with one attached hydrogen (secondary N) is 1. The van der Waals surface area contributed by atoms with Crippen LogP contribution in [0.5, 0.6) is 0 Å². The molecule has 1 saturated heterocycles. The Kier molecular flexibility index (Phi) is 5.12. The molecule has 0 aliphatic carbocycles. The molecule has 1 atom stereocenters. The second-order valence-electron chi connectivity index (χ2n) is 8.09. The second kappa shape index (κ2) is 8.05. The summed E-state index contributed by atoms with van der Waals surface area (Å²) < 4.78 is 15.8. The van der Waals surface area contributed by atoms with Crippen molar-refractivity contribution in [3.8, 4) is 11.1 Å². The van der Waals surface area contributed by atoms with Crippen LogP contribution in [0.15, 0.2) is 48.5 Å². The molecule has 150 valence electrons. The van der Waals surface area contributed by atoms with Crippen molar-refractivity contribution >= 4 is 0 Å². The fourth-order valence-electron chi connectivity index (χ4n) is 4.47. The number of hydrogen-bond acceptors (Lipinski definition) is 4. The third-order valence-corrected chi connectivity index (χ3v) is 6.04. The molecule has 0 bridgehead atoms. The van der Waals surface area contributed by atoms with E-state index in [0.717, 1.165) is 62.0 Å². The molecule has 6 heteroatoms. The van der Waals surface area contributed by atoms with Gasteiger partial charge in [-0.1, -0.05) is 36.4 Å². The van der Waals surface area contributed by atoms with E-state index in [1.54, 1.807) is 12.1 Å². The van der Waals surface area contributed by atoms with Gasteiger partial charge in [0.05, 0.1) is 6.54 Å². The van der Waals surface area contributed by atoms with Crippen LogP contribution in [0.1, 0.15) is 36.0 Å². The highest BCUT2D eigenvalue weighted by Crippen LogP contribution is 2.25. The van der Waals surface area contributed by atoms with Crippen molar-refractivity contribution in [3.63, 3.8) is 0 Å². The summed E-state index contributed by atoms with van der Waals surface area (Å²) in [5.74, 6) is 2.53. The minimum absolute atomic E-state index is 0.201. The molecule has 2 aromatic carbocycles. The zero-order valence-corrected chi connectivity index (χ0v) is 16.5. The van der Waals surface area contributed by atoms with Gasteiger partial charge in [-0.05, 0) is 48.2 Å². The number of halogens is 1. The van der Waals surface area contributed by atoms with Gasteiger partial charge in [-0.25, -0.2) is 4.39 Å². The number of nitrogens with zero attached hydrogens (tertiary/aromatic N) is 4. The van der Waals surface area contributed by atoms with Crippen LogP contribution >= 0.6 is 0 Å². The lowest BCUT2D eigenvalue weighted by Gasteiger charge is -2.29. The topological polar surface area (TPSA) is 46.0 Å². The lowest BCUT2D eigenvalue weighted by molar-refractivity contribution is 0.205. The van der Waals surface area contributed by atoms with Gasteiger partial charge in [0, 0.05) is 32.1 Å². The van der Waals surface area contributed by atoms with Gasteiger partial charge in [-0.15, -0.1) is 10.2 Å². The Morgan fingerprint density at radius 1 is 1.03 bits per heavy atom. The van der Waals surface area contributed by atoms with Crippen LogP contribution in [0, 0.1) is 5.82 Å². The van der Waals surface area contributed by atoms with Crippen LogP contribution in [0.3, 0.4) is 0 Å². The molecule has 29 heavy (non-hydrogen) atoms. The van der Waals surface area contributed by atoms with Gasteiger partial charge in [-0.3, -0.25) is 4.90 Å². The predicted molar refractivity (Wildman–Crippen MR) is 111 cm³/mol. The first-order valence-corrected chi connectivity index (χ1v) is 10.5. The Bertz CT molecular complexity index is 975. The lowest BCUT2D eigenvalue weighted by Crippen LogP contribution is -2.35. The summed E-state index contributed by atoms with van der Waals surface area (Å²) in [5.41, 5.74) is 3.21. The molecule has 0 radical (unpaired) electrons. The standard InChI is InChI=1S/C23H26FN5/c24-21-5-1-3-19(13-21)18-8-6-17(7-9-18)15-28-11-12-29-22(16-28)26-27-23(29)20-4-2-10-25-14-20/h1,3,5-9,13,20,25H,2,4,10-12,14-16H2/t20-/m1/s1. The molecule has 0 unspecified atom stereocenters. The van der Waals surface area contributed by atoms with Gasteiger partial charge in [0.15, 0.2) is 0 Å². The summed E-state index contributed by atoms with van der Waals surface area (Å²) in [6, 6.07) is 15.2. The Hall–Kier alpha value is -2.57. The van der Waals surface area contributed by atoms with Crippen molar-refractivity contribution in [2.75, 3.05) is 19.6 Å². The zero-order valence-electron chi connectivity index (χ0n) is 16.5. The molecule has 1 N–H and O–H groups in total. The van der Waals surface area contributed by atoms with E-state index in [9.17, 15) is 4.39 Å². The largest absolute Gasteiger partial charge is 0.316 e. The number of fused-ring (bicyclic) bond motifs is 1. The Morgan fingerprint density at radius 2 is 1.93 bits per heavy atom. The molecule has 0 spiro atoms. The molecule has 0 amide bonds. The maximum Gasteiger partial charge on any atom is 0.147 e. The van der Waals surface area contributed by atoms with Crippen molar-refractivity contribution in [2.24, 2.45) is 0 Å². The number of piperidine rings is 1. The lowest BCUT2D eigenvalue weighted by atomic mass is 9.99. The van der Waals surface area contributed by atoms with Crippen LogP contribution in [0.4, 0.5) is 4.39 Å². The molecule has 1 aromatic heterocycles. The van der Waals surface area contributed by atoms with Crippen LogP contribution in [-0.4, -0.2) is 39.3 Å². The molecular weight excluding hydrogens is 365 g/mol. The molecule has 2 aliphatic rings. The molecule has 3 heterocycles. The summed E-state index contributed by atoms with van der Waals surface area (Å²) in [6.45, 7) is 5.80. The number of aromatic nitrogens is 3. The van der Waals surface area contributed by atoms with E-state index >= 15 is 0 Å². The summed E-state index contributed by atoms with van der Waals surface area (Å²) in [6.07, 6.45) is 2.41. The highest BCUT2D eigenvalue weighted by molar-refractivity contribution is 5.63. The minimum atomic E-state index is -0.201. The number of benzene rings is 2. The molecule has 2 aliphatic heterocycles. The van der Waals surface area contributed by atoms with Gasteiger partial charge in [0.2, 0.25) is 0 Å². The monoisotopic (exact) mass is 391 g/mol. The highest BCUT2D eigenvalue weighted by Gasteiger charge is 2.26. The smallest absolute Gasteiger partial charge is 0.147 e. The summed E-state index contributed by atoms with van der Waals surface area (Å²) >= 11 is 0. The van der Waals surface area contributed by atoms with E-state index in [1.807, 2.05) is 6.07 Å². The van der Waals surface area contributed by atoms with E-state index in [2.05, 4.69) is 49.2 Å². The van der Waals surface area contributed by atoms with Crippen molar-refractivity contribution < 1.29 is 4.39 Å². The van der Waals surface area contributed by atoms with Gasteiger partial charge in [0.1, 0.15) is 17.5 Å². The predicted octanol–water partition coefficient (Wildman–Crippen LogP) is 3.57. The van der Waals surface area contributed by atoms with Crippen LogP contribution in [0.2, 0.25) is 0 Å². The average molecular weight is 391 g/mol. The van der Waals surface area contributed by atoms with Gasteiger partial charge < -0.3 is 9.88 Å². The molecular formula is C23H26FN5. The van der Waals surface area contributed by atoms with Crippen molar-refractivity contribution in [1.82, 2.24) is 25.0 Å². The van der Waals surface area contributed by atoms with Crippen LogP contribution < -0.4 is 5.32 Å². The zero-order chi connectivity index (χ0) is 19.6. The summed E-state index contributed by atoms with van der Waals surface area (Å²) in [5, 5.41) is 12.5. The quantitative estimate of drug-likeness (QED) is 0.739. The normalized spacial score (nSPS) is 19.8. The maximum atomic E-state index is 13.5. The van der Waals surface area contributed by atoms with Gasteiger partial charge in [-0.2, -0.15) is 0 Å². The van der Waals surface area contributed by atoms with Gasteiger partial charge in [0.25, 0.3) is 0 Å². The Labute approximate surface area is 170 Å². The molecule has 5 rings (SSSR count). The first kappa shape index (κ1) is 18.5. The fraction of sp³-hybridized carbons (Fsp3) is 0.391. The molecule has 1 fully saturated rings. The van der Waals surface area contributed by atoms with E-state index in [-0.39, 0.29) is 5.82 Å². The molecule has 3 aromatic rings. The van der Waals surface area contributed by atoms with Crippen molar-refractivity contribution in [3.05, 3.63) is 71.6 Å². The molecule has 0 saturated carbocycles. The third kappa shape index (κ3) is 3.95. The van der Waals surface area contributed by atoms with Crippen molar-refractivity contribution in [2.45, 2.75) is 38.4 Å². The fourth-order valence-corrected chi connectivity index (χ4v) is 4.47. The first-order chi connectivity index (χ1) is 14.3. The number of hydrogen-bond donors (Lipinski definition) is 1. The minimum Gasteiger partial charge on any atom is -0.316 e. The first-order valence-electron chi connectivity index (χ1n) is 10.5. The van der Waals surface area contributed by atoms with Crippen LogP contribution in [0.25, 0.3) is 11.1 Å². The van der Waals surface area contributed by atoms with Crippen LogP contribution in [-0.2, 0) is 19.6 Å². The summed E-state index contributed by atoms with van der Waals surface area (Å²) in [7, 11) is 0. The van der Waals surface area contributed by atoms with Gasteiger partial charge >= 0.3 is 0 Å². The third-order valence-electron chi connectivity index (χ3n) is 6.04. The molecule has 5 nitrogen and oxygen atoms in total. The number of rotatable bonds is 4. The van der Waals surface area contributed by atoms with E-state index in [0.29, 0.717) is 5.92 Å². The van der Waals surface area contributed by atoms with E-state index in [4.69, 9.17) is 0 Å². The Balaban J connectivity index is 1.25. The summed E-state index contributed by atoms with van der Waals surface area (Å²) in [4.78, 5) is 2.42.